The molecule has 16 heteroatoms. The monoisotopic (exact) mass is 736 g/mol. The maximum Gasteiger partial charge on any atom is 0.461 e. The molecule has 3 N–H and O–H groups in total. The van der Waals surface area contributed by atoms with Gasteiger partial charge in [0.2, 0.25) is 5.76 Å². The molecule has 3 amide bonds. The van der Waals surface area contributed by atoms with Crippen molar-refractivity contribution >= 4 is 29.5 Å². The maximum absolute atomic E-state index is 15.3. The quantitative estimate of drug-likeness (QED) is 0.155. The summed E-state index contributed by atoms with van der Waals surface area (Å²) < 4.78 is 82.3. The van der Waals surface area contributed by atoms with Crippen molar-refractivity contribution in [1.82, 2.24) is 15.1 Å². The average molecular weight is 737 g/mol. The van der Waals surface area contributed by atoms with E-state index in [9.17, 15) is 37.1 Å². The van der Waals surface area contributed by atoms with Crippen molar-refractivity contribution in [2.24, 2.45) is 17.6 Å². The summed E-state index contributed by atoms with van der Waals surface area (Å²) in [4.78, 5) is 69.3. The summed E-state index contributed by atoms with van der Waals surface area (Å²) in [7, 11) is 0. The molecule has 1 fully saturated rings. The zero-order valence-corrected chi connectivity index (χ0v) is 29.3. The fourth-order valence-corrected chi connectivity index (χ4v) is 5.98. The Kier molecular flexibility index (Phi) is 12.4. The number of benzene rings is 2. The lowest BCUT2D eigenvalue weighted by molar-refractivity contribution is -0.276. The highest BCUT2D eigenvalue weighted by atomic mass is 19.4. The first-order valence-corrected chi connectivity index (χ1v) is 16.6. The Bertz CT molecular complexity index is 1720. The zero-order valence-electron chi connectivity index (χ0n) is 29.3. The number of nitrogens with one attached hydrogen (secondary N) is 1. The van der Waals surface area contributed by atoms with Gasteiger partial charge in [-0.3, -0.25) is 29.3 Å². The number of allylic oxidation sites excluding steroid dienone is 2. The van der Waals surface area contributed by atoms with E-state index in [0.29, 0.717) is 44.4 Å². The van der Waals surface area contributed by atoms with Gasteiger partial charge in [0.1, 0.15) is 0 Å². The van der Waals surface area contributed by atoms with Crippen LogP contribution in [-0.2, 0) is 30.3 Å². The van der Waals surface area contributed by atoms with Gasteiger partial charge < -0.3 is 20.1 Å². The lowest BCUT2D eigenvalue weighted by Gasteiger charge is -2.37. The van der Waals surface area contributed by atoms with Gasteiger partial charge in [-0.05, 0) is 53.6 Å². The van der Waals surface area contributed by atoms with E-state index in [-0.39, 0.29) is 28.4 Å². The Labute approximate surface area is 297 Å². The number of amides is 3. The second-order valence-corrected chi connectivity index (χ2v) is 13.2. The second-order valence-electron chi connectivity index (χ2n) is 13.2. The summed E-state index contributed by atoms with van der Waals surface area (Å²) >= 11 is 0. The molecule has 2 aliphatic heterocycles. The van der Waals surface area contributed by atoms with Crippen molar-refractivity contribution < 1.29 is 55.4 Å². The third-order valence-electron chi connectivity index (χ3n) is 8.80. The van der Waals surface area contributed by atoms with Gasteiger partial charge >= 0.3 is 18.1 Å². The molecule has 2 aromatic rings. The number of fused-ring (bicyclic) bond motifs is 1. The molecular weight excluding hydrogens is 695 g/mol. The summed E-state index contributed by atoms with van der Waals surface area (Å²) in [6, 6.07) is 7.50. The standard InChI is InChI=1S/C36H41F5N4O7/c1-19(2)27(42)30(47)28-25-9-7-6-8-24(25)18-26(43-28)34(50)45(29(20(3)4)31(52-21(5)46)35(37,38)36(39,40)41)33(49)23-12-10-22(11-13-23)32(48)44-14-16-51-17-15-44/h6-13,19-20,26-28,43H,14-18,42H2,1-5H3/b31-29+/t26?,27-,28?/m0/s1. The van der Waals surface area contributed by atoms with Crippen molar-refractivity contribution in [2.75, 3.05) is 26.3 Å². The summed E-state index contributed by atoms with van der Waals surface area (Å²) in [6.07, 6.45) is -6.53. The average Bonchev–Trinajstić information content (AvgIpc) is 3.10. The highest BCUT2D eigenvalue weighted by Gasteiger charge is 2.64. The third-order valence-corrected chi connectivity index (χ3v) is 8.80. The molecule has 2 heterocycles. The molecule has 2 aliphatic rings. The van der Waals surface area contributed by atoms with Crippen LogP contribution in [0.3, 0.4) is 0 Å². The summed E-state index contributed by atoms with van der Waals surface area (Å²) in [5.41, 5.74) is 5.64. The van der Waals surface area contributed by atoms with E-state index < -0.39 is 77.1 Å². The molecule has 2 unspecified atom stereocenters. The Balaban J connectivity index is 1.90. The van der Waals surface area contributed by atoms with E-state index in [2.05, 4.69) is 10.1 Å². The predicted octanol–water partition coefficient (Wildman–Crippen LogP) is 4.56. The zero-order chi connectivity index (χ0) is 38.7. The molecule has 11 nitrogen and oxygen atoms in total. The highest BCUT2D eigenvalue weighted by molar-refractivity contribution is 6.08. The van der Waals surface area contributed by atoms with Crippen LogP contribution in [0.1, 0.15) is 72.5 Å². The lowest BCUT2D eigenvalue weighted by Crippen LogP contribution is -2.56. The Morgan fingerprint density at radius 3 is 2.04 bits per heavy atom. The number of hydrogen-bond acceptors (Lipinski definition) is 9. The molecule has 0 aromatic heterocycles. The fourth-order valence-electron chi connectivity index (χ4n) is 5.98. The number of halogens is 5. The summed E-state index contributed by atoms with van der Waals surface area (Å²) in [5, 5.41) is 2.86. The number of carbonyl (C=O) groups excluding carboxylic acids is 5. The highest BCUT2D eigenvalue weighted by Crippen LogP contribution is 2.45. The minimum Gasteiger partial charge on any atom is -0.422 e. The number of ether oxygens (including phenoxy) is 2. The van der Waals surface area contributed by atoms with Gasteiger partial charge in [0.05, 0.1) is 37.0 Å². The molecule has 282 valence electrons. The fraction of sp³-hybridized carbons (Fsp3) is 0.472. The van der Waals surface area contributed by atoms with Crippen LogP contribution in [0.25, 0.3) is 0 Å². The van der Waals surface area contributed by atoms with Crippen molar-refractivity contribution in [3.8, 4) is 0 Å². The minimum absolute atomic E-state index is 0.133. The molecule has 0 saturated carbocycles. The number of imide groups is 1. The predicted molar refractivity (Wildman–Crippen MR) is 177 cm³/mol. The number of nitrogens with two attached hydrogens (primary N) is 1. The van der Waals surface area contributed by atoms with E-state index in [1.807, 2.05) is 0 Å². The van der Waals surface area contributed by atoms with Crippen molar-refractivity contribution in [3.05, 3.63) is 82.2 Å². The second kappa shape index (κ2) is 16.0. The molecule has 2 aromatic carbocycles. The number of Topliss-reactive ketones (excluding diaryl/α,β-unsaturated/α-hetero) is 1. The van der Waals surface area contributed by atoms with Gasteiger partial charge in [-0.15, -0.1) is 0 Å². The normalized spacial score (nSPS) is 19.1. The smallest absolute Gasteiger partial charge is 0.422 e. The number of esters is 1. The van der Waals surface area contributed by atoms with E-state index in [4.69, 9.17) is 10.5 Å². The number of ketones is 1. The van der Waals surface area contributed by atoms with E-state index in [1.165, 1.54) is 17.0 Å². The van der Waals surface area contributed by atoms with Crippen molar-refractivity contribution in [2.45, 2.75) is 71.3 Å². The number of hydrogen-bond donors (Lipinski definition) is 2. The first-order chi connectivity index (χ1) is 24.3. The molecular formula is C36H41F5N4O7. The third kappa shape index (κ3) is 8.40. The molecule has 0 radical (unpaired) electrons. The van der Waals surface area contributed by atoms with Gasteiger partial charge in [0.15, 0.2) is 5.78 Å². The largest absolute Gasteiger partial charge is 0.461 e. The van der Waals surface area contributed by atoms with Gasteiger partial charge in [0, 0.05) is 31.1 Å². The first kappa shape index (κ1) is 40.2. The van der Waals surface area contributed by atoms with Gasteiger partial charge in [-0.25, -0.2) is 4.90 Å². The molecule has 1 saturated heterocycles. The Morgan fingerprint density at radius 1 is 0.923 bits per heavy atom. The lowest BCUT2D eigenvalue weighted by atomic mass is 9.84. The van der Waals surface area contributed by atoms with Crippen LogP contribution in [0.4, 0.5) is 22.0 Å². The van der Waals surface area contributed by atoms with Gasteiger partial charge in [-0.2, -0.15) is 22.0 Å². The molecule has 0 spiro atoms. The van der Waals surface area contributed by atoms with Crippen LogP contribution in [0, 0.1) is 11.8 Å². The van der Waals surface area contributed by atoms with Crippen LogP contribution in [0.5, 0.6) is 0 Å². The Hall–Kier alpha value is -4.54. The van der Waals surface area contributed by atoms with Crippen LogP contribution >= 0.6 is 0 Å². The number of carbonyl (C=O) groups is 5. The minimum atomic E-state index is -6.32. The SMILES string of the molecule is CC(=O)O/C(=C(\C(C)C)N(C(=O)c1ccc(C(=O)N2CCOCC2)cc1)C(=O)C1Cc2ccccc2C(C(=O)[C@@H](N)C(C)C)N1)C(F)(F)C(F)(F)F. The topological polar surface area (TPSA) is 148 Å². The van der Waals surface area contributed by atoms with E-state index >= 15 is 8.78 Å². The number of nitrogens with zero attached hydrogens (tertiary/aromatic N) is 2. The van der Waals surface area contributed by atoms with Crippen molar-refractivity contribution in [1.29, 1.82) is 0 Å². The van der Waals surface area contributed by atoms with Gasteiger partial charge in [0.25, 0.3) is 17.7 Å². The van der Waals surface area contributed by atoms with Crippen molar-refractivity contribution in [3.63, 3.8) is 0 Å². The molecule has 0 bridgehead atoms. The molecule has 0 aliphatic carbocycles. The maximum atomic E-state index is 15.3. The molecule has 3 atom stereocenters. The first-order valence-electron chi connectivity index (χ1n) is 16.6. The van der Waals surface area contributed by atoms with Gasteiger partial charge in [-0.1, -0.05) is 52.0 Å². The van der Waals surface area contributed by atoms with Crippen LogP contribution in [-0.4, -0.2) is 89.8 Å². The number of morpholine rings is 1. The van der Waals surface area contributed by atoms with Crippen LogP contribution in [0.2, 0.25) is 0 Å². The summed E-state index contributed by atoms with van der Waals surface area (Å²) in [5.74, 6) is -15.1. The molecule has 52 heavy (non-hydrogen) atoms. The van der Waals surface area contributed by atoms with E-state index in [1.54, 1.807) is 38.1 Å². The number of rotatable bonds is 10. The molecule has 4 rings (SSSR count). The summed E-state index contributed by atoms with van der Waals surface area (Å²) in [6.45, 7) is 7.52. The van der Waals surface area contributed by atoms with Crippen LogP contribution in [0.15, 0.2) is 60.0 Å². The van der Waals surface area contributed by atoms with Crippen LogP contribution < -0.4 is 11.1 Å². The Morgan fingerprint density at radius 2 is 1.50 bits per heavy atom. The number of alkyl halides is 5. The van der Waals surface area contributed by atoms with E-state index in [0.717, 1.165) is 26.0 Å².